The van der Waals surface area contributed by atoms with Crippen LogP contribution in [0.3, 0.4) is 0 Å². The van der Waals surface area contributed by atoms with Gasteiger partial charge < -0.3 is 10.6 Å². The lowest BCUT2D eigenvalue weighted by atomic mass is 9.87. The average molecular weight is 260 g/mol. The zero-order valence-electron chi connectivity index (χ0n) is 12.6. The van der Waals surface area contributed by atoms with Crippen LogP contribution in [0.4, 0.5) is 5.69 Å². The first-order valence-electron chi connectivity index (χ1n) is 7.61. The first-order chi connectivity index (χ1) is 9.05. The molecule has 0 aliphatic carbocycles. The predicted molar refractivity (Wildman–Crippen MR) is 83.8 cm³/mol. The molecule has 0 bridgehead atoms. The lowest BCUT2D eigenvalue weighted by Crippen LogP contribution is -2.28. The zero-order valence-corrected chi connectivity index (χ0v) is 12.6. The number of hydrogen-bond donors (Lipinski definition) is 2. The molecule has 0 spiro atoms. The molecule has 0 saturated carbocycles. The highest BCUT2D eigenvalue weighted by atomic mass is 14.9. The van der Waals surface area contributed by atoms with Gasteiger partial charge in [-0.3, -0.25) is 0 Å². The van der Waals surface area contributed by atoms with Crippen LogP contribution in [-0.4, -0.2) is 19.6 Å². The summed E-state index contributed by atoms with van der Waals surface area (Å²) >= 11 is 0. The fourth-order valence-electron chi connectivity index (χ4n) is 2.68. The molecule has 19 heavy (non-hydrogen) atoms. The summed E-state index contributed by atoms with van der Waals surface area (Å²) in [6, 6.07) is 8.91. The van der Waals surface area contributed by atoms with E-state index in [2.05, 4.69) is 55.7 Å². The standard InChI is InChI=1S/C17H28N2/c1-17(2,3)15-4-6-16(7-5-15)19-13-10-14-8-11-18-12-9-14/h4-7,14,18-19H,8-13H2,1-3H3. The molecule has 2 heteroatoms. The SMILES string of the molecule is CC(C)(C)c1ccc(NCCC2CCNCC2)cc1. The minimum absolute atomic E-state index is 0.244. The van der Waals surface area contributed by atoms with Crippen LogP contribution in [0, 0.1) is 5.92 Å². The van der Waals surface area contributed by atoms with E-state index in [1.54, 1.807) is 0 Å². The van der Waals surface area contributed by atoms with Crippen molar-refractivity contribution >= 4 is 5.69 Å². The summed E-state index contributed by atoms with van der Waals surface area (Å²) in [6.45, 7) is 10.3. The van der Waals surface area contributed by atoms with E-state index in [4.69, 9.17) is 0 Å². The molecule has 2 nitrogen and oxygen atoms in total. The van der Waals surface area contributed by atoms with Gasteiger partial charge in [0, 0.05) is 12.2 Å². The normalized spacial score (nSPS) is 17.4. The molecule has 0 atom stereocenters. The molecule has 2 N–H and O–H groups in total. The maximum Gasteiger partial charge on any atom is 0.0340 e. The van der Waals surface area contributed by atoms with Gasteiger partial charge in [-0.2, -0.15) is 0 Å². The summed E-state index contributed by atoms with van der Waals surface area (Å²) in [5, 5.41) is 6.97. The van der Waals surface area contributed by atoms with E-state index in [0.717, 1.165) is 12.5 Å². The third kappa shape index (κ3) is 4.54. The van der Waals surface area contributed by atoms with Crippen molar-refractivity contribution < 1.29 is 0 Å². The highest BCUT2D eigenvalue weighted by molar-refractivity contribution is 5.45. The van der Waals surface area contributed by atoms with Gasteiger partial charge in [-0.1, -0.05) is 32.9 Å². The van der Waals surface area contributed by atoms with Crippen molar-refractivity contribution in [2.75, 3.05) is 25.0 Å². The second kappa shape index (κ2) is 6.42. The van der Waals surface area contributed by atoms with Crippen molar-refractivity contribution in [3.63, 3.8) is 0 Å². The maximum absolute atomic E-state index is 3.55. The minimum atomic E-state index is 0.244. The Kier molecular flexibility index (Phi) is 4.87. The molecule has 2 rings (SSSR count). The van der Waals surface area contributed by atoms with Crippen molar-refractivity contribution in [2.24, 2.45) is 5.92 Å². The summed E-state index contributed by atoms with van der Waals surface area (Å²) in [6.07, 6.45) is 3.97. The van der Waals surface area contributed by atoms with E-state index in [0.29, 0.717) is 0 Å². The van der Waals surface area contributed by atoms with E-state index in [-0.39, 0.29) is 5.41 Å². The summed E-state index contributed by atoms with van der Waals surface area (Å²) in [5.74, 6) is 0.905. The monoisotopic (exact) mass is 260 g/mol. The van der Waals surface area contributed by atoms with Gasteiger partial charge in [0.05, 0.1) is 0 Å². The van der Waals surface area contributed by atoms with Crippen LogP contribution in [0.15, 0.2) is 24.3 Å². The van der Waals surface area contributed by atoms with Gasteiger partial charge in [0.2, 0.25) is 0 Å². The van der Waals surface area contributed by atoms with Crippen LogP contribution in [-0.2, 0) is 5.41 Å². The summed E-state index contributed by atoms with van der Waals surface area (Å²) in [4.78, 5) is 0. The first-order valence-corrected chi connectivity index (χ1v) is 7.61. The van der Waals surface area contributed by atoms with E-state index >= 15 is 0 Å². The lowest BCUT2D eigenvalue weighted by molar-refractivity contribution is 0.361. The van der Waals surface area contributed by atoms with E-state index in [1.165, 1.54) is 43.6 Å². The van der Waals surface area contributed by atoms with Crippen LogP contribution in [0.25, 0.3) is 0 Å². The van der Waals surface area contributed by atoms with Crippen molar-refractivity contribution in [3.05, 3.63) is 29.8 Å². The Morgan fingerprint density at radius 1 is 1.11 bits per heavy atom. The molecular weight excluding hydrogens is 232 g/mol. The topological polar surface area (TPSA) is 24.1 Å². The second-order valence-electron chi connectivity index (χ2n) is 6.74. The van der Waals surface area contributed by atoms with Gasteiger partial charge in [0.15, 0.2) is 0 Å². The summed E-state index contributed by atoms with van der Waals surface area (Å²) in [7, 11) is 0. The molecule has 1 aliphatic rings. The fraction of sp³-hybridized carbons (Fsp3) is 0.647. The number of anilines is 1. The Hall–Kier alpha value is -1.02. The number of nitrogens with one attached hydrogen (secondary N) is 2. The highest BCUT2D eigenvalue weighted by Crippen LogP contribution is 2.23. The number of rotatable bonds is 4. The Labute approximate surface area is 118 Å². The molecule has 1 aromatic rings. The Balaban J connectivity index is 1.76. The van der Waals surface area contributed by atoms with Crippen LogP contribution < -0.4 is 10.6 Å². The van der Waals surface area contributed by atoms with Gasteiger partial charge in [-0.25, -0.2) is 0 Å². The Morgan fingerprint density at radius 2 is 1.74 bits per heavy atom. The zero-order chi connectivity index (χ0) is 13.7. The molecular formula is C17H28N2. The average Bonchev–Trinajstić information content (AvgIpc) is 2.39. The maximum atomic E-state index is 3.55. The largest absolute Gasteiger partial charge is 0.385 e. The molecule has 0 radical (unpaired) electrons. The second-order valence-corrected chi connectivity index (χ2v) is 6.74. The molecule has 1 aromatic carbocycles. The highest BCUT2D eigenvalue weighted by Gasteiger charge is 2.13. The van der Waals surface area contributed by atoms with Gasteiger partial charge >= 0.3 is 0 Å². The van der Waals surface area contributed by atoms with Crippen molar-refractivity contribution in [3.8, 4) is 0 Å². The van der Waals surface area contributed by atoms with E-state index in [9.17, 15) is 0 Å². The van der Waals surface area contributed by atoms with Gasteiger partial charge in [0.1, 0.15) is 0 Å². The van der Waals surface area contributed by atoms with Crippen LogP contribution in [0.1, 0.15) is 45.6 Å². The third-order valence-electron chi connectivity index (χ3n) is 4.09. The first kappa shape index (κ1) is 14.4. The summed E-state index contributed by atoms with van der Waals surface area (Å²) < 4.78 is 0. The van der Waals surface area contributed by atoms with Crippen molar-refractivity contribution in [1.29, 1.82) is 0 Å². The molecule has 1 saturated heterocycles. The molecule has 1 fully saturated rings. The van der Waals surface area contributed by atoms with Gasteiger partial charge in [-0.05, 0) is 61.4 Å². The van der Waals surface area contributed by atoms with Gasteiger partial charge in [-0.15, -0.1) is 0 Å². The Bertz CT molecular complexity index is 369. The number of benzene rings is 1. The van der Waals surface area contributed by atoms with Gasteiger partial charge in [0.25, 0.3) is 0 Å². The van der Waals surface area contributed by atoms with Crippen LogP contribution >= 0.6 is 0 Å². The Morgan fingerprint density at radius 3 is 2.32 bits per heavy atom. The van der Waals surface area contributed by atoms with Crippen LogP contribution in [0.2, 0.25) is 0 Å². The minimum Gasteiger partial charge on any atom is -0.385 e. The predicted octanol–water partition coefficient (Wildman–Crippen LogP) is 3.79. The summed E-state index contributed by atoms with van der Waals surface area (Å²) in [5.41, 5.74) is 2.89. The third-order valence-corrected chi connectivity index (χ3v) is 4.09. The molecule has 1 heterocycles. The molecule has 1 aliphatic heterocycles. The fourth-order valence-corrected chi connectivity index (χ4v) is 2.68. The van der Waals surface area contributed by atoms with Crippen molar-refractivity contribution in [1.82, 2.24) is 5.32 Å². The molecule has 0 unspecified atom stereocenters. The quantitative estimate of drug-likeness (QED) is 0.861. The smallest absolute Gasteiger partial charge is 0.0340 e. The van der Waals surface area contributed by atoms with E-state index < -0.39 is 0 Å². The van der Waals surface area contributed by atoms with Crippen molar-refractivity contribution in [2.45, 2.75) is 45.4 Å². The molecule has 0 aromatic heterocycles. The molecule has 106 valence electrons. The van der Waals surface area contributed by atoms with Crippen LogP contribution in [0.5, 0.6) is 0 Å². The lowest BCUT2D eigenvalue weighted by Gasteiger charge is -2.23. The number of hydrogen-bond acceptors (Lipinski definition) is 2. The van der Waals surface area contributed by atoms with E-state index in [1.807, 2.05) is 0 Å². The number of piperidine rings is 1. The molecule has 0 amide bonds.